The van der Waals surface area contributed by atoms with Crippen molar-refractivity contribution in [2.75, 3.05) is 17.2 Å². The second-order valence-corrected chi connectivity index (χ2v) is 6.04. The quantitative estimate of drug-likeness (QED) is 0.764. The van der Waals surface area contributed by atoms with Crippen molar-refractivity contribution in [1.82, 2.24) is 29.7 Å². The standard InChI is InChI=1S/C16H20N8/c1-11-8-13(17)24(22-11)15-9-14(20-10-21-15)23-7-3-2-4-12(23)16-18-5-6-19-16/h5-6,8-10,12H,2-4,7,17H2,1H3,(H,18,19)/t12-/m0/s1. The van der Waals surface area contributed by atoms with Crippen molar-refractivity contribution < 1.29 is 0 Å². The molecule has 1 atom stereocenters. The number of imidazole rings is 1. The van der Waals surface area contributed by atoms with E-state index in [1.165, 1.54) is 6.42 Å². The molecule has 124 valence electrons. The van der Waals surface area contributed by atoms with E-state index in [0.29, 0.717) is 11.6 Å². The molecule has 4 heterocycles. The van der Waals surface area contributed by atoms with Gasteiger partial charge in [0.2, 0.25) is 0 Å². The third-order valence-corrected chi connectivity index (χ3v) is 4.35. The molecular formula is C16H20N8. The SMILES string of the molecule is Cc1cc(N)n(-c2cc(N3CCCC[C@H]3c3ncc[nH]3)ncn2)n1. The zero-order valence-corrected chi connectivity index (χ0v) is 13.6. The predicted molar refractivity (Wildman–Crippen MR) is 90.8 cm³/mol. The summed E-state index contributed by atoms with van der Waals surface area (Å²) in [5, 5.41) is 4.40. The Balaban J connectivity index is 1.70. The van der Waals surface area contributed by atoms with Gasteiger partial charge in [0, 0.05) is 31.1 Å². The zero-order valence-electron chi connectivity index (χ0n) is 13.6. The fourth-order valence-corrected chi connectivity index (χ4v) is 3.26. The molecule has 3 N–H and O–H groups in total. The number of hydrogen-bond donors (Lipinski definition) is 2. The number of nitrogens with two attached hydrogens (primary N) is 1. The van der Waals surface area contributed by atoms with Gasteiger partial charge in [-0.3, -0.25) is 0 Å². The van der Waals surface area contributed by atoms with Crippen molar-refractivity contribution in [2.45, 2.75) is 32.2 Å². The first-order valence-corrected chi connectivity index (χ1v) is 8.13. The van der Waals surface area contributed by atoms with Gasteiger partial charge in [-0.2, -0.15) is 9.78 Å². The summed E-state index contributed by atoms with van der Waals surface area (Å²) in [7, 11) is 0. The molecule has 3 aromatic heterocycles. The van der Waals surface area contributed by atoms with Crippen LogP contribution >= 0.6 is 0 Å². The smallest absolute Gasteiger partial charge is 0.161 e. The van der Waals surface area contributed by atoms with Gasteiger partial charge < -0.3 is 15.6 Å². The topological polar surface area (TPSA) is 102 Å². The average Bonchev–Trinajstić information content (AvgIpc) is 3.24. The Kier molecular flexibility index (Phi) is 3.64. The van der Waals surface area contributed by atoms with Crippen molar-refractivity contribution in [3.8, 4) is 5.82 Å². The van der Waals surface area contributed by atoms with Crippen LogP contribution in [0.3, 0.4) is 0 Å². The Labute approximate surface area is 139 Å². The number of rotatable bonds is 3. The van der Waals surface area contributed by atoms with Gasteiger partial charge in [0.05, 0.1) is 11.7 Å². The van der Waals surface area contributed by atoms with Crippen LogP contribution in [0.5, 0.6) is 0 Å². The summed E-state index contributed by atoms with van der Waals surface area (Å²) >= 11 is 0. The van der Waals surface area contributed by atoms with Crippen LogP contribution in [0.4, 0.5) is 11.6 Å². The second kappa shape index (κ2) is 5.95. The van der Waals surface area contributed by atoms with Gasteiger partial charge >= 0.3 is 0 Å². The van der Waals surface area contributed by atoms with E-state index in [-0.39, 0.29) is 6.04 Å². The fraction of sp³-hybridized carbons (Fsp3) is 0.375. The Morgan fingerprint density at radius 3 is 2.79 bits per heavy atom. The highest BCUT2D eigenvalue weighted by Gasteiger charge is 2.27. The monoisotopic (exact) mass is 324 g/mol. The van der Waals surface area contributed by atoms with Crippen LogP contribution in [0.2, 0.25) is 0 Å². The van der Waals surface area contributed by atoms with E-state index in [4.69, 9.17) is 5.73 Å². The summed E-state index contributed by atoms with van der Waals surface area (Å²) in [5.74, 6) is 3.09. The number of H-pyrrole nitrogens is 1. The number of piperidine rings is 1. The molecule has 0 aliphatic carbocycles. The zero-order chi connectivity index (χ0) is 16.5. The lowest BCUT2D eigenvalue weighted by Crippen LogP contribution is -2.34. The van der Waals surface area contributed by atoms with Crippen LogP contribution in [-0.4, -0.2) is 36.3 Å². The molecule has 1 saturated heterocycles. The Morgan fingerprint density at radius 2 is 2.04 bits per heavy atom. The van der Waals surface area contributed by atoms with Gasteiger partial charge in [-0.25, -0.2) is 15.0 Å². The highest BCUT2D eigenvalue weighted by molar-refractivity contribution is 5.48. The third kappa shape index (κ3) is 2.60. The van der Waals surface area contributed by atoms with Crippen molar-refractivity contribution in [3.63, 3.8) is 0 Å². The van der Waals surface area contributed by atoms with Gasteiger partial charge in [0.1, 0.15) is 23.8 Å². The summed E-state index contributed by atoms with van der Waals surface area (Å²) < 4.78 is 1.65. The molecule has 24 heavy (non-hydrogen) atoms. The maximum Gasteiger partial charge on any atom is 0.161 e. The fourth-order valence-electron chi connectivity index (χ4n) is 3.26. The molecule has 0 spiro atoms. The van der Waals surface area contributed by atoms with Crippen molar-refractivity contribution in [1.29, 1.82) is 0 Å². The van der Waals surface area contributed by atoms with Crippen molar-refractivity contribution in [2.24, 2.45) is 0 Å². The Morgan fingerprint density at radius 1 is 1.17 bits per heavy atom. The summed E-state index contributed by atoms with van der Waals surface area (Å²) in [4.78, 5) is 18.7. The minimum atomic E-state index is 0.202. The van der Waals surface area contributed by atoms with E-state index in [2.05, 4.69) is 29.9 Å². The summed E-state index contributed by atoms with van der Waals surface area (Å²) in [5.41, 5.74) is 6.88. The first-order valence-electron chi connectivity index (χ1n) is 8.13. The lowest BCUT2D eigenvalue weighted by molar-refractivity contribution is 0.455. The number of nitrogens with zero attached hydrogens (tertiary/aromatic N) is 6. The molecule has 8 heteroatoms. The van der Waals surface area contributed by atoms with E-state index in [1.807, 2.05) is 25.3 Å². The first-order chi connectivity index (χ1) is 11.7. The van der Waals surface area contributed by atoms with Crippen LogP contribution in [0.15, 0.2) is 30.9 Å². The molecule has 1 fully saturated rings. The molecule has 4 rings (SSSR count). The Bertz CT molecular complexity index is 822. The average molecular weight is 324 g/mol. The van der Waals surface area contributed by atoms with Gasteiger partial charge in [-0.05, 0) is 26.2 Å². The van der Waals surface area contributed by atoms with Gasteiger partial charge in [0.15, 0.2) is 5.82 Å². The molecule has 0 aromatic carbocycles. The van der Waals surface area contributed by atoms with E-state index in [0.717, 1.165) is 36.7 Å². The van der Waals surface area contributed by atoms with Crippen LogP contribution in [0.25, 0.3) is 5.82 Å². The lowest BCUT2D eigenvalue weighted by atomic mass is 10.0. The summed E-state index contributed by atoms with van der Waals surface area (Å²) in [6.07, 6.45) is 8.59. The molecule has 1 aliphatic rings. The number of aryl methyl sites for hydroxylation is 1. The van der Waals surface area contributed by atoms with E-state index < -0.39 is 0 Å². The normalized spacial score (nSPS) is 18.0. The third-order valence-electron chi connectivity index (χ3n) is 4.35. The lowest BCUT2D eigenvalue weighted by Gasteiger charge is -2.35. The number of nitrogen functional groups attached to an aromatic ring is 1. The highest BCUT2D eigenvalue weighted by Crippen LogP contribution is 2.32. The van der Waals surface area contributed by atoms with Crippen molar-refractivity contribution >= 4 is 11.6 Å². The molecule has 0 amide bonds. The molecule has 0 saturated carbocycles. The number of anilines is 2. The molecule has 0 bridgehead atoms. The molecule has 8 nitrogen and oxygen atoms in total. The maximum atomic E-state index is 6.02. The minimum absolute atomic E-state index is 0.202. The minimum Gasteiger partial charge on any atom is -0.384 e. The van der Waals surface area contributed by atoms with Crippen LogP contribution in [0, 0.1) is 6.92 Å². The van der Waals surface area contributed by atoms with Gasteiger partial charge in [-0.1, -0.05) is 0 Å². The van der Waals surface area contributed by atoms with E-state index in [1.54, 1.807) is 17.2 Å². The van der Waals surface area contributed by atoms with Crippen molar-refractivity contribution in [3.05, 3.63) is 42.4 Å². The number of hydrogen-bond acceptors (Lipinski definition) is 6. The number of aromatic nitrogens is 6. The van der Waals surface area contributed by atoms with Crippen LogP contribution < -0.4 is 10.6 Å². The Hall–Kier alpha value is -2.90. The van der Waals surface area contributed by atoms with Gasteiger partial charge in [-0.15, -0.1) is 0 Å². The largest absolute Gasteiger partial charge is 0.384 e. The van der Waals surface area contributed by atoms with E-state index in [9.17, 15) is 0 Å². The maximum absolute atomic E-state index is 6.02. The molecule has 0 radical (unpaired) electrons. The first kappa shape index (κ1) is 14.7. The molecule has 0 unspecified atom stereocenters. The summed E-state index contributed by atoms with van der Waals surface area (Å²) in [6.45, 7) is 2.85. The van der Waals surface area contributed by atoms with Crippen LogP contribution in [-0.2, 0) is 0 Å². The number of nitrogens with one attached hydrogen (secondary N) is 1. The molecule has 3 aromatic rings. The second-order valence-electron chi connectivity index (χ2n) is 6.04. The van der Waals surface area contributed by atoms with Crippen LogP contribution in [0.1, 0.15) is 36.8 Å². The molecular weight excluding hydrogens is 304 g/mol. The van der Waals surface area contributed by atoms with Gasteiger partial charge in [0.25, 0.3) is 0 Å². The van der Waals surface area contributed by atoms with E-state index >= 15 is 0 Å². The highest BCUT2D eigenvalue weighted by atomic mass is 15.3. The summed E-state index contributed by atoms with van der Waals surface area (Å²) in [6, 6.07) is 3.96. The predicted octanol–water partition coefficient (Wildman–Crippen LogP) is 2.01. The molecule has 1 aliphatic heterocycles. The number of aromatic amines is 1.